The SMILES string of the molecule is CCOC(=O)C(C)(S)C(=O)OCC. The fourth-order valence-electron chi connectivity index (χ4n) is 0.627. The van der Waals surface area contributed by atoms with Crippen LogP contribution in [0.2, 0.25) is 0 Å². The molecule has 0 radical (unpaired) electrons. The molecular formula is C8H14O4S. The van der Waals surface area contributed by atoms with Crippen LogP contribution in [0.5, 0.6) is 0 Å². The van der Waals surface area contributed by atoms with Crippen molar-refractivity contribution in [1.29, 1.82) is 0 Å². The second-order valence-corrected chi connectivity index (χ2v) is 3.41. The Labute approximate surface area is 83.0 Å². The zero-order valence-electron chi connectivity index (χ0n) is 7.99. The first-order chi connectivity index (χ1) is 5.96. The molecule has 0 spiro atoms. The Morgan fingerprint density at radius 1 is 1.15 bits per heavy atom. The first-order valence-electron chi connectivity index (χ1n) is 4.03. The maximum absolute atomic E-state index is 11.2. The molecule has 4 nitrogen and oxygen atoms in total. The van der Waals surface area contributed by atoms with Crippen molar-refractivity contribution >= 4 is 24.6 Å². The van der Waals surface area contributed by atoms with E-state index in [1.165, 1.54) is 6.92 Å². The Morgan fingerprint density at radius 2 is 1.46 bits per heavy atom. The van der Waals surface area contributed by atoms with Crippen molar-refractivity contribution in [3.8, 4) is 0 Å². The Kier molecular flexibility index (Phi) is 4.83. The highest BCUT2D eigenvalue weighted by molar-refractivity contribution is 7.83. The fourth-order valence-corrected chi connectivity index (χ4v) is 0.756. The van der Waals surface area contributed by atoms with Gasteiger partial charge in [-0.2, -0.15) is 0 Å². The third kappa shape index (κ3) is 3.26. The van der Waals surface area contributed by atoms with Crippen molar-refractivity contribution in [3.05, 3.63) is 0 Å². The molecule has 0 aromatic heterocycles. The van der Waals surface area contributed by atoms with E-state index in [0.717, 1.165) is 0 Å². The predicted molar refractivity (Wildman–Crippen MR) is 50.7 cm³/mol. The lowest BCUT2D eigenvalue weighted by Gasteiger charge is -2.18. The lowest BCUT2D eigenvalue weighted by atomic mass is 10.2. The van der Waals surface area contributed by atoms with Crippen molar-refractivity contribution in [2.45, 2.75) is 25.5 Å². The Hall–Kier alpha value is -0.710. The smallest absolute Gasteiger partial charge is 0.333 e. The lowest BCUT2D eigenvalue weighted by molar-refractivity contribution is -0.157. The Balaban J connectivity index is 4.36. The van der Waals surface area contributed by atoms with E-state index in [4.69, 9.17) is 0 Å². The molecule has 0 saturated heterocycles. The summed E-state index contributed by atoms with van der Waals surface area (Å²) in [6.07, 6.45) is 0. The van der Waals surface area contributed by atoms with Crippen molar-refractivity contribution in [3.63, 3.8) is 0 Å². The summed E-state index contributed by atoms with van der Waals surface area (Å²) >= 11 is 3.90. The minimum absolute atomic E-state index is 0.217. The van der Waals surface area contributed by atoms with Crippen LogP contribution in [0, 0.1) is 0 Å². The molecule has 0 N–H and O–H groups in total. The summed E-state index contributed by atoms with van der Waals surface area (Å²) in [6.45, 7) is 5.11. The highest BCUT2D eigenvalue weighted by Crippen LogP contribution is 2.17. The molecule has 0 saturated carbocycles. The predicted octanol–water partition coefficient (Wildman–Crippen LogP) is 0.801. The minimum Gasteiger partial charge on any atom is -0.465 e. The van der Waals surface area contributed by atoms with E-state index in [9.17, 15) is 9.59 Å². The summed E-state index contributed by atoms with van der Waals surface area (Å²) < 4.78 is 7.81. The third-order valence-corrected chi connectivity index (χ3v) is 1.71. The van der Waals surface area contributed by atoms with Gasteiger partial charge in [-0.1, -0.05) is 0 Å². The van der Waals surface area contributed by atoms with Crippen LogP contribution in [-0.2, 0) is 19.1 Å². The van der Waals surface area contributed by atoms with Gasteiger partial charge < -0.3 is 9.47 Å². The van der Waals surface area contributed by atoms with E-state index >= 15 is 0 Å². The van der Waals surface area contributed by atoms with Gasteiger partial charge in [0.1, 0.15) is 0 Å². The van der Waals surface area contributed by atoms with Gasteiger partial charge in [-0.3, -0.25) is 0 Å². The van der Waals surface area contributed by atoms with Crippen LogP contribution in [0.1, 0.15) is 20.8 Å². The average Bonchev–Trinajstić information content (AvgIpc) is 2.05. The number of carbonyl (C=O) groups excluding carboxylic acids is 2. The van der Waals surface area contributed by atoms with Gasteiger partial charge in [0, 0.05) is 0 Å². The standard InChI is InChI=1S/C8H14O4S/c1-4-11-6(9)8(3,13)7(10)12-5-2/h13H,4-5H2,1-3H3. The van der Waals surface area contributed by atoms with Crippen molar-refractivity contribution in [1.82, 2.24) is 0 Å². The second-order valence-electron chi connectivity index (χ2n) is 2.51. The van der Waals surface area contributed by atoms with Crippen molar-refractivity contribution < 1.29 is 19.1 Å². The molecule has 0 atom stereocenters. The molecule has 0 amide bonds. The van der Waals surface area contributed by atoms with Crippen LogP contribution in [0.4, 0.5) is 0 Å². The first kappa shape index (κ1) is 12.3. The van der Waals surface area contributed by atoms with Gasteiger partial charge in [0.05, 0.1) is 13.2 Å². The highest BCUT2D eigenvalue weighted by Gasteiger charge is 2.40. The highest BCUT2D eigenvalue weighted by atomic mass is 32.1. The van der Waals surface area contributed by atoms with Gasteiger partial charge in [-0.25, -0.2) is 9.59 Å². The molecule has 13 heavy (non-hydrogen) atoms. The van der Waals surface area contributed by atoms with Crippen LogP contribution in [0.3, 0.4) is 0 Å². The van der Waals surface area contributed by atoms with Crippen LogP contribution in [0.25, 0.3) is 0 Å². The summed E-state index contributed by atoms with van der Waals surface area (Å²) in [7, 11) is 0. The molecule has 0 heterocycles. The van der Waals surface area contributed by atoms with Gasteiger partial charge in [-0.15, -0.1) is 12.6 Å². The topological polar surface area (TPSA) is 52.6 Å². The van der Waals surface area contributed by atoms with Crippen LogP contribution in [-0.4, -0.2) is 29.9 Å². The van der Waals surface area contributed by atoms with Crippen LogP contribution in [0.15, 0.2) is 0 Å². The van der Waals surface area contributed by atoms with Gasteiger partial charge >= 0.3 is 11.9 Å². The first-order valence-corrected chi connectivity index (χ1v) is 4.48. The molecule has 76 valence electrons. The summed E-state index contributed by atoms with van der Waals surface area (Å²) in [5.74, 6) is -1.37. The van der Waals surface area contributed by atoms with E-state index in [-0.39, 0.29) is 13.2 Å². The van der Waals surface area contributed by atoms with Crippen LogP contribution >= 0.6 is 12.6 Å². The maximum Gasteiger partial charge on any atom is 0.333 e. The lowest BCUT2D eigenvalue weighted by Crippen LogP contribution is -2.41. The molecule has 0 aliphatic carbocycles. The van der Waals surface area contributed by atoms with Gasteiger partial charge in [0.2, 0.25) is 4.75 Å². The second kappa shape index (κ2) is 5.11. The molecular weight excluding hydrogens is 192 g/mol. The van der Waals surface area contributed by atoms with E-state index < -0.39 is 16.7 Å². The Bertz CT molecular complexity index is 180. The van der Waals surface area contributed by atoms with E-state index in [1.807, 2.05) is 0 Å². The molecule has 0 aliphatic heterocycles. The summed E-state index contributed by atoms with van der Waals surface area (Å²) in [4.78, 5) is 22.4. The molecule has 0 aliphatic rings. The molecule has 0 aromatic carbocycles. The molecule has 0 bridgehead atoms. The molecule has 0 aromatic rings. The molecule has 0 rings (SSSR count). The third-order valence-electron chi connectivity index (χ3n) is 1.35. The van der Waals surface area contributed by atoms with Crippen molar-refractivity contribution in [2.75, 3.05) is 13.2 Å². The number of rotatable bonds is 4. The Morgan fingerprint density at radius 3 is 1.69 bits per heavy atom. The number of hydrogen-bond donors (Lipinski definition) is 1. The van der Waals surface area contributed by atoms with Gasteiger partial charge in [-0.05, 0) is 20.8 Å². The minimum atomic E-state index is -1.51. The zero-order valence-corrected chi connectivity index (χ0v) is 8.89. The number of esters is 2. The van der Waals surface area contributed by atoms with Crippen molar-refractivity contribution in [2.24, 2.45) is 0 Å². The maximum atomic E-state index is 11.2. The number of ether oxygens (including phenoxy) is 2. The average molecular weight is 206 g/mol. The normalized spacial score (nSPS) is 10.8. The molecule has 0 unspecified atom stereocenters. The summed E-state index contributed by atoms with van der Waals surface area (Å²) in [5, 5.41) is 0. The number of carbonyl (C=O) groups is 2. The number of thiol groups is 1. The van der Waals surface area contributed by atoms with Gasteiger partial charge in [0.25, 0.3) is 0 Å². The van der Waals surface area contributed by atoms with E-state index in [0.29, 0.717) is 0 Å². The van der Waals surface area contributed by atoms with E-state index in [1.54, 1.807) is 13.8 Å². The molecule has 5 heteroatoms. The summed E-state index contributed by atoms with van der Waals surface area (Å²) in [6, 6.07) is 0. The quantitative estimate of drug-likeness (QED) is 0.420. The largest absolute Gasteiger partial charge is 0.465 e. The van der Waals surface area contributed by atoms with E-state index in [2.05, 4.69) is 22.1 Å². The fraction of sp³-hybridized carbons (Fsp3) is 0.750. The zero-order chi connectivity index (χ0) is 10.5. The summed E-state index contributed by atoms with van der Waals surface area (Å²) in [5.41, 5.74) is 0. The van der Waals surface area contributed by atoms with Gasteiger partial charge in [0.15, 0.2) is 0 Å². The monoisotopic (exact) mass is 206 g/mol. The van der Waals surface area contributed by atoms with Crippen LogP contribution < -0.4 is 0 Å². The number of hydrogen-bond acceptors (Lipinski definition) is 5. The molecule has 0 fully saturated rings.